The molecular formula is C16H26ClN3O. The Labute approximate surface area is 132 Å². The highest BCUT2D eigenvalue weighted by atomic mass is 35.5. The van der Waals surface area contributed by atoms with E-state index < -0.39 is 5.60 Å². The van der Waals surface area contributed by atoms with E-state index in [1.54, 1.807) is 0 Å². The van der Waals surface area contributed by atoms with Gasteiger partial charge in [-0.05, 0) is 37.5 Å². The molecule has 0 aliphatic heterocycles. The largest absolute Gasteiger partial charge is 0.388 e. The monoisotopic (exact) mass is 311 g/mol. The quantitative estimate of drug-likeness (QED) is 0.536. The molecule has 1 rings (SSSR count). The molecule has 0 spiro atoms. The van der Waals surface area contributed by atoms with E-state index >= 15 is 0 Å². The summed E-state index contributed by atoms with van der Waals surface area (Å²) < 4.78 is 0. The van der Waals surface area contributed by atoms with Crippen molar-refractivity contribution in [3.63, 3.8) is 0 Å². The zero-order valence-corrected chi connectivity index (χ0v) is 13.9. The van der Waals surface area contributed by atoms with Crippen molar-refractivity contribution in [2.45, 2.75) is 45.8 Å². The van der Waals surface area contributed by atoms with Crippen molar-refractivity contribution in [1.82, 2.24) is 10.6 Å². The first kappa shape index (κ1) is 17.8. The number of nitrogens with one attached hydrogen (secondary N) is 2. The first-order valence-electron chi connectivity index (χ1n) is 7.52. The van der Waals surface area contributed by atoms with Gasteiger partial charge in [-0.2, -0.15) is 0 Å². The molecule has 0 aliphatic carbocycles. The summed E-state index contributed by atoms with van der Waals surface area (Å²) in [6, 6.07) is 7.66. The molecule has 0 saturated carbocycles. The molecule has 0 unspecified atom stereocenters. The van der Waals surface area contributed by atoms with Gasteiger partial charge in [0.2, 0.25) is 0 Å². The van der Waals surface area contributed by atoms with Crippen molar-refractivity contribution in [2.24, 2.45) is 4.99 Å². The highest BCUT2D eigenvalue weighted by Crippen LogP contribution is 2.13. The standard InChI is InChI=1S/C16H26ClN3O/c1-4-16(21,5-2)12-20-15(18-6-3)19-11-13-8-7-9-14(17)10-13/h7-10,21H,4-6,11-12H2,1-3H3,(H2,18,19,20). The van der Waals surface area contributed by atoms with Crippen LogP contribution in [0.4, 0.5) is 0 Å². The molecule has 0 aromatic heterocycles. The van der Waals surface area contributed by atoms with Crippen LogP contribution in [0.25, 0.3) is 0 Å². The Morgan fingerprint density at radius 3 is 2.52 bits per heavy atom. The van der Waals surface area contributed by atoms with Crippen molar-refractivity contribution >= 4 is 17.6 Å². The molecule has 118 valence electrons. The van der Waals surface area contributed by atoms with Crippen molar-refractivity contribution < 1.29 is 5.11 Å². The maximum absolute atomic E-state index is 10.3. The minimum Gasteiger partial charge on any atom is -0.388 e. The Bertz CT molecular complexity index is 459. The molecule has 0 bridgehead atoms. The van der Waals surface area contributed by atoms with Gasteiger partial charge in [0, 0.05) is 18.1 Å². The van der Waals surface area contributed by atoms with E-state index in [2.05, 4.69) is 15.6 Å². The van der Waals surface area contributed by atoms with Gasteiger partial charge in [-0.1, -0.05) is 37.6 Å². The van der Waals surface area contributed by atoms with Crippen LogP contribution in [-0.2, 0) is 6.54 Å². The number of nitrogens with zero attached hydrogens (tertiary/aromatic N) is 1. The van der Waals surface area contributed by atoms with Crippen LogP contribution in [0.1, 0.15) is 39.2 Å². The number of hydrogen-bond donors (Lipinski definition) is 3. The number of halogens is 1. The summed E-state index contributed by atoms with van der Waals surface area (Å²) in [5, 5.41) is 17.4. The fourth-order valence-electron chi connectivity index (χ4n) is 1.90. The maximum atomic E-state index is 10.3. The van der Waals surface area contributed by atoms with Crippen LogP contribution in [0.2, 0.25) is 5.02 Å². The third-order valence-electron chi connectivity index (χ3n) is 3.55. The number of aliphatic hydroxyl groups is 1. The molecular weight excluding hydrogens is 286 g/mol. The molecule has 1 aromatic carbocycles. The lowest BCUT2D eigenvalue weighted by Gasteiger charge is -2.26. The molecule has 21 heavy (non-hydrogen) atoms. The lowest BCUT2D eigenvalue weighted by atomic mass is 9.98. The Balaban J connectivity index is 2.65. The Kier molecular flexibility index (Phi) is 7.54. The number of rotatable bonds is 7. The summed E-state index contributed by atoms with van der Waals surface area (Å²) in [6.07, 6.45) is 1.42. The molecule has 0 heterocycles. The second kappa shape index (κ2) is 8.90. The second-order valence-electron chi connectivity index (χ2n) is 5.11. The van der Waals surface area contributed by atoms with E-state index in [1.165, 1.54) is 0 Å². The van der Waals surface area contributed by atoms with Crippen molar-refractivity contribution in [3.8, 4) is 0 Å². The van der Waals surface area contributed by atoms with Gasteiger partial charge in [0.1, 0.15) is 0 Å². The van der Waals surface area contributed by atoms with Gasteiger partial charge in [0.15, 0.2) is 5.96 Å². The van der Waals surface area contributed by atoms with Gasteiger partial charge in [0.05, 0.1) is 12.1 Å². The number of guanidine groups is 1. The van der Waals surface area contributed by atoms with E-state index in [1.807, 2.05) is 45.0 Å². The Morgan fingerprint density at radius 1 is 1.24 bits per heavy atom. The van der Waals surface area contributed by atoms with Crippen LogP contribution < -0.4 is 10.6 Å². The molecule has 0 atom stereocenters. The van der Waals surface area contributed by atoms with Crippen molar-refractivity contribution in [1.29, 1.82) is 0 Å². The van der Waals surface area contributed by atoms with Crippen LogP contribution in [-0.4, -0.2) is 29.8 Å². The van der Waals surface area contributed by atoms with Crippen LogP contribution >= 0.6 is 11.6 Å². The average Bonchev–Trinajstić information content (AvgIpc) is 2.50. The van der Waals surface area contributed by atoms with E-state index in [4.69, 9.17) is 11.6 Å². The van der Waals surface area contributed by atoms with Crippen LogP contribution in [0.5, 0.6) is 0 Å². The topological polar surface area (TPSA) is 56.7 Å². The summed E-state index contributed by atoms with van der Waals surface area (Å²) in [5.74, 6) is 0.706. The van der Waals surface area contributed by atoms with Gasteiger partial charge >= 0.3 is 0 Å². The normalized spacial score (nSPS) is 12.3. The summed E-state index contributed by atoms with van der Waals surface area (Å²) >= 11 is 5.97. The van der Waals surface area contributed by atoms with Crippen LogP contribution in [0.15, 0.2) is 29.3 Å². The third kappa shape index (κ3) is 6.36. The maximum Gasteiger partial charge on any atom is 0.191 e. The molecule has 0 radical (unpaired) electrons. The number of aliphatic imine (C=N–C) groups is 1. The van der Waals surface area contributed by atoms with Gasteiger partial charge in [-0.15, -0.1) is 0 Å². The van der Waals surface area contributed by atoms with Crippen LogP contribution in [0.3, 0.4) is 0 Å². The minimum atomic E-state index is -0.688. The molecule has 1 aromatic rings. The number of benzene rings is 1. The van der Waals surface area contributed by atoms with E-state index in [0.29, 0.717) is 36.9 Å². The van der Waals surface area contributed by atoms with E-state index in [-0.39, 0.29) is 0 Å². The predicted octanol–water partition coefficient (Wildman–Crippen LogP) is 2.95. The lowest BCUT2D eigenvalue weighted by Crippen LogP contribution is -2.46. The fourth-order valence-corrected chi connectivity index (χ4v) is 2.11. The summed E-state index contributed by atoms with van der Waals surface area (Å²) in [5.41, 5.74) is 0.368. The molecule has 4 nitrogen and oxygen atoms in total. The average molecular weight is 312 g/mol. The molecule has 0 amide bonds. The lowest BCUT2D eigenvalue weighted by molar-refractivity contribution is 0.0367. The van der Waals surface area contributed by atoms with E-state index in [0.717, 1.165) is 12.1 Å². The SMILES string of the molecule is CCNC(=NCc1cccc(Cl)c1)NCC(O)(CC)CC. The van der Waals surface area contributed by atoms with Gasteiger partial charge in [-0.3, -0.25) is 0 Å². The highest BCUT2D eigenvalue weighted by Gasteiger charge is 2.22. The third-order valence-corrected chi connectivity index (χ3v) is 3.79. The summed E-state index contributed by atoms with van der Waals surface area (Å²) in [4.78, 5) is 4.52. The molecule has 0 fully saturated rings. The first-order chi connectivity index (χ1) is 10.0. The molecule has 0 saturated heterocycles. The van der Waals surface area contributed by atoms with E-state index in [9.17, 15) is 5.11 Å². The minimum absolute atomic E-state index is 0.487. The Hall–Kier alpha value is -1.26. The molecule has 3 N–H and O–H groups in total. The van der Waals surface area contributed by atoms with Crippen molar-refractivity contribution in [2.75, 3.05) is 13.1 Å². The Morgan fingerprint density at radius 2 is 1.95 bits per heavy atom. The van der Waals surface area contributed by atoms with Gasteiger partial charge in [0.25, 0.3) is 0 Å². The van der Waals surface area contributed by atoms with Crippen molar-refractivity contribution in [3.05, 3.63) is 34.9 Å². The molecule has 5 heteroatoms. The predicted molar refractivity (Wildman–Crippen MR) is 89.8 cm³/mol. The number of hydrogen-bond acceptors (Lipinski definition) is 2. The smallest absolute Gasteiger partial charge is 0.191 e. The highest BCUT2D eigenvalue weighted by molar-refractivity contribution is 6.30. The fraction of sp³-hybridized carbons (Fsp3) is 0.562. The molecule has 0 aliphatic rings. The van der Waals surface area contributed by atoms with Crippen LogP contribution in [0, 0.1) is 0 Å². The summed E-state index contributed by atoms with van der Waals surface area (Å²) in [7, 11) is 0. The zero-order chi connectivity index (χ0) is 15.7. The second-order valence-corrected chi connectivity index (χ2v) is 5.55. The summed E-state index contributed by atoms with van der Waals surface area (Å²) in [6.45, 7) is 7.80. The first-order valence-corrected chi connectivity index (χ1v) is 7.89. The zero-order valence-electron chi connectivity index (χ0n) is 13.1. The van der Waals surface area contributed by atoms with Gasteiger partial charge in [-0.25, -0.2) is 4.99 Å². The van der Waals surface area contributed by atoms with Gasteiger partial charge < -0.3 is 15.7 Å².